The number of carbonyl (C=O) groups is 2. The summed E-state index contributed by atoms with van der Waals surface area (Å²) >= 11 is 0. The van der Waals surface area contributed by atoms with Crippen LogP contribution in [0.25, 0.3) is 27.8 Å². The molecule has 222 valence electrons. The normalized spacial score (nSPS) is 13.5. The highest BCUT2D eigenvalue weighted by molar-refractivity contribution is 5.88. The lowest BCUT2D eigenvalue weighted by atomic mass is 10.1. The van der Waals surface area contributed by atoms with Crippen molar-refractivity contribution in [2.24, 2.45) is 0 Å². The number of imidazole rings is 1. The molecular weight excluding hydrogens is 567 g/mol. The Morgan fingerprint density at radius 3 is 2.23 bits per heavy atom. The van der Waals surface area contributed by atoms with E-state index in [9.17, 15) is 23.1 Å². The number of morpholine rings is 1. The predicted octanol–water partition coefficient (Wildman–Crippen LogP) is 4.90. The lowest BCUT2D eigenvalue weighted by Gasteiger charge is -2.28. The number of alkyl halides is 3. The monoisotopic (exact) mass is 593 g/mol. The first-order valence-corrected chi connectivity index (χ1v) is 13.3. The number of aromatic nitrogens is 4. The van der Waals surface area contributed by atoms with Crippen LogP contribution in [0.5, 0.6) is 0 Å². The molecule has 5 aromatic rings. The molecule has 1 fully saturated rings. The molecule has 6 rings (SSSR count). The van der Waals surface area contributed by atoms with E-state index in [1.54, 1.807) is 12.1 Å². The summed E-state index contributed by atoms with van der Waals surface area (Å²) in [6.07, 6.45) is 0.330. The zero-order chi connectivity index (χ0) is 30.6. The topological polar surface area (TPSA) is 130 Å². The van der Waals surface area contributed by atoms with Gasteiger partial charge in [0, 0.05) is 35.9 Å². The second-order valence-electron chi connectivity index (χ2n) is 9.67. The minimum absolute atomic E-state index is 0.252. The number of fused-ring (bicyclic) bond motifs is 2. The molecule has 0 unspecified atom stereocenters. The summed E-state index contributed by atoms with van der Waals surface area (Å²) in [7, 11) is 0. The zero-order valence-electron chi connectivity index (χ0n) is 22.7. The van der Waals surface area contributed by atoms with Crippen LogP contribution in [0.15, 0.2) is 73.1 Å². The fraction of sp³-hybridized carbons (Fsp3) is 0.233. The third-order valence-electron chi connectivity index (χ3n) is 6.80. The number of aromatic carboxylic acids is 1. The molecule has 0 saturated carbocycles. The third kappa shape index (κ3) is 6.89. The predicted molar refractivity (Wildman–Crippen MR) is 151 cm³/mol. The number of rotatable bonds is 6. The van der Waals surface area contributed by atoms with Crippen LogP contribution in [-0.4, -0.2) is 74.0 Å². The van der Waals surface area contributed by atoms with Gasteiger partial charge >= 0.3 is 18.1 Å². The molecule has 10 nitrogen and oxygen atoms in total. The molecule has 0 spiro atoms. The fourth-order valence-electron chi connectivity index (χ4n) is 4.63. The SMILES string of the molecule is O=C(O)C(F)(F)F.O=C(O)c1ccc(-c2cnc(N3CCOCC3)c3nc(CCc4ccc5ccccc5n4)cn23)cc1. The Kier molecular flexibility index (Phi) is 8.53. The van der Waals surface area contributed by atoms with Gasteiger partial charge in [-0.1, -0.05) is 36.4 Å². The van der Waals surface area contributed by atoms with Gasteiger partial charge in [-0.25, -0.2) is 19.6 Å². The van der Waals surface area contributed by atoms with Gasteiger partial charge in [-0.3, -0.25) is 9.38 Å². The van der Waals surface area contributed by atoms with E-state index in [1.807, 2.05) is 36.5 Å². The number of hydrogen-bond acceptors (Lipinski definition) is 7. The van der Waals surface area contributed by atoms with Crippen LogP contribution in [0.3, 0.4) is 0 Å². The second-order valence-corrected chi connectivity index (χ2v) is 9.67. The second kappa shape index (κ2) is 12.4. The number of halogens is 3. The van der Waals surface area contributed by atoms with Crippen LogP contribution < -0.4 is 4.90 Å². The number of anilines is 1. The van der Waals surface area contributed by atoms with Gasteiger partial charge < -0.3 is 19.8 Å². The summed E-state index contributed by atoms with van der Waals surface area (Å²) in [6.45, 7) is 2.85. The van der Waals surface area contributed by atoms with Crippen molar-refractivity contribution < 1.29 is 37.7 Å². The van der Waals surface area contributed by atoms with Crippen molar-refractivity contribution in [2.45, 2.75) is 19.0 Å². The molecule has 0 radical (unpaired) electrons. The van der Waals surface area contributed by atoms with Gasteiger partial charge in [0.05, 0.1) is 41.9 Å². The van der Waals surface area contributed by atoms with Gasteiger partial charge in [0.15, 0.2) is 11.5 Å². The van der Waals surface area contributed by atoms with Crippen molar-refractivity contribution >= 4 is 34.3 Å². The van der Waals surface area contributed by atoms with E-state index in [-0.39, 0.29) is 5.56 Å². The Bertz CT molecular complexity index is 1770. The maximum atomic E-state index is 11.3. The molecule has 0 atom stereocenters. The van der Waals surface area contributed by atoms with Crippen molar-refractivity contribution in [2.75, 3.05) is 31.2 Å². The molecule has 0 bridgehead atoms. The van der Waals surface area contributed by atoms with Gasteiger partial charge in [0.25, 0.3) is 0 Å². The number of carboxylic acids is 2. The summed E-state index contributed by atoms with van der Waals surface area (Å²) in [5.41, 5.74) is 5.77. The third-order valence-corrected chi connectivity index (χ3v) is 6.80. The number of nitrogens with zero attached hydrogens (tertiary/aromatic N) is 5. The van der Waals surface area contributed by atoms with Crippen molar-refractivity contribution in [1.82, 2.24) is 19.4 Å². The van der Waals surface area contributed by atoms with Crippen molar-refractivity contribution in [3.63, 3.8) is 0 Å². The van der Waals surface area contributed by atoms with Crippen LogP contribution in [-0.2, 0) is 22.4 Å². The average molecular weight is 594 g/mol. The molecule has 13 heteroatoms. The highest BCUT2D eigenvalue weighted by Crippen LogP contribution is 2.27. The number of hydrogen-bond donors (Lipinski definition) is 2. The molecule has 2 N–H and O–H groups in total. The van der Waals surface area contributed by atoms with E-state index in [4.69, 9.17) is 29.6 Å². The van der Waals surface area contributed by atoms with Crippen LogP contribution in [0.4, 0.5) is 19.0 Å². The molecule has 0 amide bonds. The smallest absolute Gasteiger partial charge is 0.478 e. The first-order valence-electron chi connectivity index (χ1n) is 13.3. The van der Waals surface area contributed by atoms with E-state index in [0.717, 1.165) is 70.9 Å². The first kappa shape index (κ1) is 29.5. The number of aryl methyl sites for hydroxylation is 2. The molecule has 2 aromatic carbocycles. The van der Waals surface area contributed by atoms with Crippen LogP contribution in [0.2, 0.25) is 0 Å². The average Bonchev–Trinajstić information content (AvgIpc) is 3.44. The van der Waals surface area contributed by atoms with Gasteiger partial charge in [-0.2, -0.15) is 13.2 Å². The van der Waals surface area contributed by atoms with Gasteiger partial charge in [-0.05, 0) is 37.1 Å². The van der Waals surface area contributed by atoms with Crippen molar-refractivity contribution in [1.29, 1.82) is 0 Å². The molecule has 1 saturated heterocycles. The zero-order valence-corrected chi connectivity index (χ0v) is 22.7. The maximum Gasteiger partial charge on any atom is 0.490 e. The van der Waals surface area contributed by atoms with E-state index < -0.39 is 18.1 Å². The van der Waals surface area contributed by atoms with Crippen molar-refractivity contribution in [3.8, 4) is 11.3 Å². The quantitative estimate of drug-likeness (QED) is 0.282. The summed E-state index contributed by atoms with van der Waals surface area (Å²) in [4.78, 5) is 37.0. The van der Waals surface area contributed by atoms with E-state index >= 15 is 0 Å². The highest BCUT2D eigenvalue weighted by Gasteiger charge is 2.38. The number of para-hydroxylation sites is 1. The Morgan fingerprint density at radius 2 is 1.56 bits per heavy atom. The molecule has 1 aliphatic rings. The van der Waals surface area contributed by atoms with Gasteiger partial charge in [0.2, 0.25) is 0 Å². The van der Waals surface area contributed by atoms with Crippen LogP contribution in [0, 0.1) is 0 Å². The highest BCUT2D eigenvalue weighted by atomic mass is 19.4. The summed E-state index contributed by atoms with van der Waals surface area (Å²) < 4.78 is 39.3. The lowest BCUT2D eigenvalue weighted by molar-refractivity contribution is -0.192. The summed E-state index contributed by atoms with van der Waals surface area (Å²) in [5, 5.41) is 17.5. The van der Waals surface area contributed by atoms with Crippen molar-refractivity contribution in [3.05, 3.63) is 90.0 Å². The molecule has 1 aliphatic heterocycles. The Balaban J connectivity index is 0.000000472. The molecule has 4 heterocycles. The number of aliphatic carboxylic acids is 1. The first-order chi connectivity index (χ1) is 20.6. The lowest BCUT2D eigenvalue weighted by Crippen LogP contribution is -2.37. The van der Waals surface area contributed by atoms with Crippen LogP contribution in [0.1, 0.15) is 21.7 Å². The van der Waals surface area contributed by atoms with Gasteiger partial charge in [0.1, 0.15) is 0 Å². The standard InChI is InChI=1S/C28H25N5O3.C2HF3O2/c34-28(35)21-7-5-20(6-8-21)25-17-29-26(32-13-15-36-16-14-32)27-31-23(18-33(25)27)12-11-22-10-9-19-3-1-2-4-24(19)30-22;3-2(4,5)1(6)7/h1-10,17-18H,11-16H2,(H,34,35);(H,6,7). The Morgan fingerprint density at radius 1 is 0.884 bits per heavy atom. The van der Waals surface area contributed by atoms with E-state index in [2.05, 4.69) is 33.7 Å². The van der Waals surface area contributed by atoms with Crippen LogP contribution >= 0.6 is 0 Å². The Labute approximate surface area is 243 Å². The number of pyridine rings is 1. The molecular formula is C30H26F3N5O5. The number of carboxylic acid groups (broad SMARTS) is 2. The van der Waals surface area contributed by atoms with E-state index in [0.29, 0.717) is 13.2 Å². The van der Waals surface area contributed by atoms with E-state index in [1.165, 1.54) is 0 Å². The minimum Gasteiger partial charge on any atom is -0.478 e. The maximum absolute atomic E-state index is 11.3. The largest absolute Gasteiger partial charge is 0.490 e. The fourth-order valence-corrected chi connectivity index (χ4v) is 4.63. The number of ether oxygens (including phenoxy) is 1. The molecule has 3 aromatic heterocycles. The molecule has 0 aliphatic carbocycles. The number of benzene rings is 2. The minimum atomic E-state index is -5.08. The molecule has 43 heavy (non-hydrogen) atoms. The Hall–Kier alpha value is -5.04. The summed E-state index contributed by atoms with van der Waals surface area (Å²) in [5.74, 6) is -2.87. The van der Waals surface area contributed by atoms with Gasteiger partial charge in [-0.15, -0.1) is 0 Å². The summed E-state index contributed by atoms with van der Waals surface area (Å²) in [6, 6.07) is 19.2.